The zero-order chi connectivity index (χ0) is 18.7. The summed E-state index contributed by atoms with van der Waals surface area (Å²) in [4.78, 5) is 20.0. The van der Waals surface area contributed by atoms with Gasteiger partial charge in [0.15, 0.2) is 0 Å². The molecule has 0 radical (unpaired) electrons. The van der Waals surface area contributed by atoms with Crippen molar-refractivity contribution >= 4 is 34.8 Å². The highest BCUT2D eigenvalue weighted by molar-refractivity contribution is 6.31. The van der Waals surface area contributed by atoms with E-state index in [0.29, 0.717) is 0 Å². The summed E-state index contributed by atoms with van der Waals surface area (Å²) in [6.07, 6.45) is 1.25. The molecule has 0 saturated heterocycles. The van der Waals surface area contributed by atoms with E-state index in [4.69, 9.17) is 11.6 Å². The number of para-hydroxylation sites is 1. The molecular weight excluding hydrogens is 369 g/mol. The lowest BCUT2D eigenvalue weighted by Crippen LogP contribution is -2.15. The van der Waals surface area contributed by atoms with Crippen LogP contribution in [0.1, 0.15) is 10.5 Å². The Morgan fingerprint density at radius 2 is 1.73 bits per heavy atom. The normalized spacial score (nSPS) is 10.5. The second-order valence-corrected chi connectivity index (χ2v) is 5.48. The van der Waals surface area contributed by atoms with Crippen LogP contribution in [-0.4, -0.2) is 15.9 Å². The van der Waals surface area contributed by atoms with Crippen molar-refractivity contribution in [2.75, 3.05) is 10.6 Å². The maximum atomic E-state index is 13.7. The third-order valence-corrected chi connectivity index (χ3v) is 3.55. The molecular formula is C17H10ClF3N4O. The van der Waals surface area contributed by atoms with E-state index in [0.717, 1.165) is 18.2 Å². The molecule has 0 saturated carbocycles. The molecule has 0 bridgehead atoms. The Balaban J connectivity index is 1.80. The molecule has 3 aromatic rings. The van der Waals surface area contributed by atoms with Crippen LogP contribution in [0.3, 0.4) is 0 Å². The Hall–Kier alpha value is -3.13. The summed E-state index contributed by atoms with van der Waals surface area (Å²) in [5.41, 5.74) is -0.246. The van der Waals surface area contributed by atoms with E-state index < -0.39 is 29.0 Å². The molecule has 2 N–H and O–H groups in total. The minimum Gasteiger partial charge on any atom is -0.321 e. The van der Waals surface area contributed by atoms with Crippen LogP contribution in [0, 0.1) is 17.5 Å². The molecule has 0 spiro atoms. The number of hydrogen-bond acceptors (Lipinski definition) is 4. The van der Waals surface area contributed by atoms with Gasteiger partial charge in [-0.15, -0.1) is 0 Å². The van der Waals surface area contributed by atoms with E-state index in [9.17, 15) is 18.0 Å². The molecule has 0 unspecified atom stereocenters. The number of nitrogens with one attached hydrogen (secondary N) is 2. The Labute approximate surface area is 150 Å². The van der Waals surface area contributed by atoms with E-state index in [1.165, 1.54) is 30.5 Å². The first kappa shape index (κ1) is 17.7. The molecule has 132 valence electrons. The van der Waals surface area contributed by atoms with Crippen LogP contribution in [-0.2, 0) is 0 Å². The summed E-state index contributed by atoms with van der Waals surface area (Å²) >= 11 is 5.66. The Morgan fingerprint density at radius 3 is 2.42 bits per heavy atom. The van der Waals surface area contributed by atoms with Gasteiger partial charge >= 0.3 is 0 Å². The van der Waals surface area contributed by atoms with Gasteiger partial charge in [-0.05, 0) is 36.4 Å². The fraction of sp³-hybridized carbons (Fsp3) is 0. The van der Waals surface area contributed by atoms with Crippen LogP contribution in [0.25, 0.3) is 0 Å². The number of halogens is 4. The summed E-state index contributed by atoms with van der Waals surface area (Å²) in [5.74, 6) is -3.08. The zero-order valence-corrected chi connectivity index (χ0v) is 13.7. The van der Waals surface area contributed by atoms with E-state index in [-0.39, 0.29) is 22.4 Å². The summed E-state index contributed by atoms with van der Waals surface area (Å²) in [6.45, 7) is 0. The first-order valence-corrected chi connectivity index (χ1v) is 7.62. The number of benzene rings is 2. The second-order valence-electron chi connectivity index (χ2n) is 5.07. The van der Waals surface area contributed by atoms with Gasteiger partial charge in [-0.3, -0.25) is 4.79 Å². The molecule has 0 atom stereocenters. The smallest absolute Gasteiger partial charge is 0.274 e. The van der Waals surface area contributed by atoms with Gasteiger partial charge in [0.2, 0.25) is 5.95 Å². The number of rotatable bonds is 4. The van der Waals surface area contributed by atoms with Gasteiger partial charge in [-0.2, -0.15) is 0 Å². The van der Waals surface area contributed by atoms with Gasteiger partial charge in [-0.1, -0.05) is 17.7 Å². The topological polar surface area (TPSA) is 66.9 Å². The molecule has 5 nitrogen and oxygen atoms in total. The highest BCUT2D eigenvalue weighted by Crippen LogP contribution is 2.22. The molecule has 26 heavy (non-hydrogen) atoms. The maximum absolute atomic E-state index is 13.7. The molecule has 0 fully saturated rings. The summed E-state index contributed by atoms with van der Waals surface area (Å²) in [5, 5.41) is 4.73. The van der Waals surface area contributed by atoms with Crippen molar-refractivity contribution in [3.63, 3.8) is 0 Å². The van der Waals surface area contributed by atoms with Crippen molar-refractivity contribution in [3.05, 3.63) is 76.8 Å². The zero-order valence-electron chi connectivity index (χ0n) is 12.9. The third-order valence-electron chi connectivity index (χ3n) is 3.27. The van der Waals surface area contributed by atoms with Crippen LogP contribution < -0.4 is 10.6 Å². The van der Waals surface area contributed by atoms with E-state index >= 15 is 0 Å². The largest absolute Gasteiger partial charge is 0.321 e. The molecule has 0 aliphatic rings. The summed E-state index contributed by atoms with van der Waals surface area (Å²) in [7, 11) is 0. The van der Waals surface area contributed by atoms with Gasteiger partial charge in [0.1, 0.15) is 28.8 Å². The van der Waals surface area contributed by atoms with Gasteiger partial charge in [0.05, 0.1) is 5.02 Å². The van der Waals surface area contributed by atoms with Crippen LogP contribution >= 0.6 is 11.6 Å². The third kappa shape index (κ3) is 3.92. The molecule has 9 heteroatoms. The highest BCUT2D eigenvalue weighted by atomic mass is 35.5. The first-order chi connectivity index (χ1) is 12.4. The van der Waals surface area contributed by atoms with Crippen molar-refractivity contribution in [1.82, 2.24) is 9.97 Å². The molecule has 1 amide bonds. The fourth-order valence-corrected chi connectivity index (χ4v) is 2.22. The Morgan fingerprint density at radius 1 is 1.00 bits per heavy atom. The highest BCUT2D eigenvalue weighted by Gasteiger charge is 2.13. The number of aromatic nitrogens is 2. The van der Waals surface area contributed by atoms with Crippen LogP contribution in [0.2, 0.25) is 5.02 Å². The quantitative estimate of drug-likeness (QED) is 0.699. The minimum atomic E-state index is -0.829. The monoisotopic (exact) mass is 378 g/mol. The number of amides is 1. The van der Waals surface area contributed by atoms with Crippen LogP contribution in [0.4, 0.5) is 30.5 Å². The van der Waals surface area contributed by atoms with Crippen molar-refractivity contribution < 1.29 is 18.0 Å². The lowest BCUT2D eigenvalue weighted by molar-refractivity contribution is 0.102. The predicted octanol–water partition coefficient (Wildman–Crippen LogP) is 4.54. The summed E-state index contributed by atoms with van der Waals surface area (Å²) in [6, 6.07) is 8.34. The van der Waals surface area contributed by atoms with E-state index in [1.54, 1.807) is 0 Å². The number of hydrogen-bond donors (Lipinski definition) is 2. The Kier molecular flexibility index (Phi) is 5.04. The predicted molar refractivity (Wildman–Crippen MR) is 91.0 cm³/mol. The van der Waals surface area contributed by atoms with Crippen molar-refractivity contribution in [2.45, 2.75) is 0 Å². The lowest BCUT2D eigenvalue weighted by Gasteiger charge is -2.09. The van der Waals surface area contributed by atoms with Gasteiger partial charge < -0.3 is 10.6 Å². The molecule has 1 aromatic heterocycles. The molecule has 0 aliphatic heterocycles. The SMILES string of the molecule is O=C(Nc1ccc(F)c(Cl)c1)c1ccnc(Nc2c(F)cccc2F)n1. The molecule has 2 aromatic carbocycles. The van der Waals surface area contributed by atoms with Gasteiger partial charge in [0.25, 0.3) is 5.91 Å². The number of anilines is 3. The number of nitrogens with zero attached hydrogens (tertiary/aromatic N) is 2. The number of carbonyl (C=O) groups is 1. The van der Waals surface area contributed by atoms with Crippen molar-refractivity contribution in [2.24, 2.45) is 0 Å². The average molecular weight is 379 g/mol. The van der Waals surface area contributed by atoms with E-state index in [2.05, 4.69) is 20.6 Å². The van der Waals surface area contributed by atoms with Gasteiger partial charge in [-0.25, -0.2) is 23.1 Å². The molecule has 1 heterocycles. The summed E-state index contributed by atoms with van der Waals surface area (Å²) < 4.78 is 40.5. The van der Waals surface area contributed by atoms with Crippen molar-refractivity contribution in [3.8, 4) is 0 Å². The second kappa shape index (κ2) is 7.40. The standard InChI is InChI=1S/C17H10ClF3N4O/c18-10-8-9(4-5-11(10)19)23-16(26)14-6-7-22-17(24-14)25-15-12(20)2-1-3-13(15)21/h1-8H,(H,23,26)(H,22,24,25). The average Bonchev–Trinajstić information content (AvgIpc) is 2.62. The molecule has 0 aliphatic carbocycles. The first-order valence-electron chi connectivity index (χ1n) is 7.24. The van der Waals surface area contributed by atoms with Crippen molar-refractivity contribution in [1.29, 1.82) is 0 Å². The lowest BCUT2D eigenvalue weighted by atomic mass is 10.3. The maximum Gasteiger partial charge on any atom is 0.274 e. The Bertz CT molecular complexity index is 964. The van der Waals surface area contributed by atoms with Crippen LogP contribution in [0.15, 0.2) is 48.7 Å². The fourth-order valence-electron chi connectivity index (χ4n) is 2.04. The number of carbonyl (C=O) groups excluding carboxylic acids is 1. The van der Waals surface area contributed by atoms with E-state index in [1.807, 2.05) is 0 Å². The molecule has 3 rings (SSSR count). The van der Waals surface area contributed by atoms with Gasteiger partial charge in [0, 0.05) is 11.9 Å². The van der Waals surface area contributed by atoms with Crippen LogP contribution in [0.5, 0.6) is 0 Å². The minimum absolute atomic E-state index is 0.0697.